The Morgan fingerprint density at radius 1 is 1.25 bits per heavy atom. The summed E-state index contributed by atoms with van der Waals surface area (Å²) in [4.78, 5) is 14.4. The zero-order valence-electron chi connectivity index (χ0n) is 17.2. The third-order valence-corrected chi connectivity index (χ3v) is 5.02. The highest BCUT2D eigenvalue weighted by atomic mass is 16.6. The number of likely N-dealkylation sites (tertiary alicyclic amines) is 1. The lowest BCUT2D eigenvalue weighted by molar-refractivity contribution is 0.0171. The number of piperidine rings is 1. The van der Waals surface area contributed by atoms with Crippen molar-refractivity contribution in [1.29, 1.82) is 0 Å². The summed E-state index contributed by atoms with van der Waals surface area (Å²) >= 11 is 0. The first-order chi connectivity index (χ1) is 13.4. The molecule has 2 aromatic rings. The van der Waals surface area contributed by atoms with Gasteiger partial charge in [-0.2, -0.15) is 5.10 Å². The number of aryl methyl sites for hydroxylation is 1. The van der Waals surface area contributed by atoms with E-state index in [4.69, 9.17) is 4.74 Å². The van der Waals surface area contributed by atoms with Crippen molar-refractivity contribution in [2.75, 3.05) is 19.6 Å². The van der Waals surface area contributed by atoms with Crippen molar-refractivity contribution in [3.05, 3.63) is 54.4 Å². The van der Waals surface area contributed by atoms with Crippen LogP contribution in [0.1, 0.15) is 45.1 Å². The smallest absolute Gasteiger partial charge is 0.410 e. The predicted octanol–water partition coefficient (Wildman–Crippen LogP) is 3.66. The second-order valence-corrected chi connectivity index (χ2v) is 8.42. The Morgan fingerprint density at radius 2 is 2.04 bits per heavy atom. The molecule has 6 nitrogen and oxygen atoms in total. The van der Waals surface area contributed by atoms with Crippen LogP contribution >= 0.6 is 0 Å². The van der Waals surface area contributed by atoms with E-state index < -0.39 is 5.60 Å². The monoisotopic (exact) mass is 384 g/mol. The summed E-state index contributed by atoms with van der Waals surface area (Å²) in [5, 5.41) is 7.94. The van der Waals surface area contributed by atoms with Gasteiger partial charge in [0.25, 0.3) is 0 Å². The lowest BCUT2D eigenvalue weighted by atomic mass is 9.85. The fraction of sp³-hybridized carbons (Fsp3) is 0.545. The van der Waals surface area contributed by atoms with Crippen molar-refractivity contribution in [2.45, 2.75) is 57.7 Å². The molecular formula is C22H32N4O2. The summed E-state index contributed by atoms with van der Waals surface area (Å²) in [5.74, 6) is 0.393. The van der Waals surface area contributed by atoms with Gasteiger partial charge in [0.15, 0.2) is 0 Å². The number of nitrogens with one attached hydrogen (secondary N) is 1. The van der Waals surface area contributed by atoms with E-state index >= 15 is 0 Å². The predicted molar refractivity (Wildman–Crippen MR) is 110 cm³/mol. The molecule has 1 aliphatic heterocycles. The van der Waals surface area contributed by atoms with E-state index in [-0.39, 0.29) is 12.1 Å². The van der Waals surface area contributed by atoms with Crippen LogP contribution < -0.4 is 5.32 Å². The van der Waals surface area contributed by atoms with Crippen molar-refractivity contribution in [3.8, 4) is 0 Å². The molecule has 2 heterocycles. The van der Waals surface area contributed by atoms with Gasteiger partial charge in [0.1, 0.15) is 5.60 Å². The molecule has 0 bridgehead atoms. The molecule has 2 atom stereocenters. The maximum Gasteiger partial charge on any atom is 0.410 e. The minimum Gasteiger partial charge on any atom is -0.444 e. The molecule has 0 spiro atoms. The summed E-state index contributed by atoms with van der Waals surface area (Å²) < 4.78 is 7.54. The van der Waals surface area contributed by atoms with Crippen LogP contribution in [0, 0.1) is 0 Å². The van der Waals surface area contributed by atoms with Gasteiger partial charge < -0.3 is 15.0 Å². The largest absolute Gasteiger partial charge is 0.444 e. The number of carbonyl (C=O) groups is 1. The average molecular weight is 385 g/mol. The zero-order valence-corrected chi connectivity index (χ0v) is 17.2. The van der Waals surface area contributed by atoms with E-state index in [1.165, 1.54) is 5.56 Å². The van der Waals surface area contributed by atoms with Gasteiger partial charge in [-0.15, -0.1) is 0 Å². The first-order valence-corrected chi connectivity index (χ1v) is 10.2. The van der Waals surface area contributed by atoms with E-state index in [2.05, 4.69) is 34.7 Å². The fourth-order valence-corrected chi connectivity index (χ4v) is 3.71. The number of benzene rings is 1. The topological polar surface area (TPSA) is 59.4 Å². The summed E-state index contributed by atoms with van der Waals surface area (Å²) in [6, 6.07) is 12.7. The number of aromatic nitrogens is 2. The lowest BCUT2D eigenvalue weighted by Gasteiger charge is -2.39. The van der Waals surface area contributed by atoms with Crippen molar-refractivity contribution in [1.82, 2.24) is 20.0 Å². The van der Waals surface area contributed by atoms with E-state index in [1.807, 2.05) is 48.7 Å². The number of hydrogen-bond donors (Lipinski definition) is 1. The first kappa shape index (κ1) is 20.4. The third-order valence-electron chi connectivity index (χ3n) is 5.02. The molecular weight excluding hydrogens is 352 g/mol. The normalized spacial score (nSPS) is 20.2. The van der Waals surface area contributed by atoms with Crippen LogP contribution in [0.15, 0.2) is 48.8 Å². The van der Waals surface area contributed by atoms with Gasteiger partial charge in [-0.25, -0.2) is 4.79 Å². The quantitative estimate of drug-likeness (QED) is 0.772. The van der Waals surface area contributed by atoms with Gasteiger partial charge in [-0.05, 0) is 51.8 Å². The summed E-state index contributed by atoms with van der Waals surface area (Å²) in [6.07, 6.45) is 5.49. The number of hydrogen-bond acceptors (Lipinski definition) is 4. The van der Waals surface area contributed by atoms with Crippen LogP contribution in [-0.2, 0) is 11.3 Å². The summed E-state index contributed by atoms with van der Waals surface area (Å²) in [5.41, 5.74) is 0.857. The van der Waals surface area contributed by atoms with E-state index in [0.29, 0.717) is 12.5 Å². The zero-order chi connectivity index (χ0) is 20.0. The Labute approximate surface area is 167 Å². The third kappa shape index (κ3) is 5.83. The van der Waals surface area contributed by atoms with Gasteiger partial charge in [0.05, 0.1) is 0 Å². The molecule has 1 aromatic heterocycles. The Hall–Kier alpha value is -2.34. The minimum absolute atomic E-state index is 0.210. The molecule has 3 rings (SSSR count). The Balaban J connectivity index is 1.61. The van der Waals surface area contributed by atoms with Gasteiger partial charge >= 0.3 is 6.09 Å². The van der Waals surface area contributed by atoms with Crippen molar-refractivity contribution < 1.29 is 9.53 Å². The van der Waals surface area contributed by atoms with Crippen LogP contribution in [0.2, 0.25) is 0 Å². The van der Waals surface area contributed by atoms with Gasteiger partial charge in [0, 0.05) is 44.0 Å². The Morgan fingerprint density at radius 3 is 2.71 bits per heavy atom. The molecule has 1 N–H and O–H groups in total. The highest BCUT2D eigenvalue weighted by molar-refractivity contribution is 5.68. The second kappa shape index (κ2) is 9.24. The molecule has 1 aromatic carbocycles. The Kier molecular flexibility index (Phi) is 6.73. The molecule has 0 saturated carbocycles. The molecule has 0 radical (unpaired) electrons. The highest BCUT2D eigenvalue weighted by Gasteiger charge is 2.33. The maximum absolute atomic E-state index is 12.6. The summed E-state index contributed by atoms with van der Waals surface area (Å²) in [7, 11) is 0. The SMILES string of the molecule is CC(C)(C)OC(=O)N1CCC(c2ccccc2)C(NCCCn2cccn2)C1. The molecule has 1 fully saturated rings. The second-order valence-electron chi connectivity index (χ2n) is 8.42. The molecule has 1 saturated heterocycles. The molecule has 1 amide bonds. The molecule has 152 valence electrons. The molecule has 0 aliphatic carbocycles. The Bertz CT molecular complexity index is 725. The van der Waals surface area contributed by atoms with Gasteiger partial charge in [-0.3, -0.25) is 4.68 Å². The number of amides is 1. The first-order valence-electron chi connectivity index (χ1n) is 10.2. The lowest BCUT2D eigenvalue weighted by Crippen LogP contribution is -2.52. The molecule has 28 heavy (non-hydrogen) atoms. The molecule has 1 aliphatic rings. The number of ether oxygens (including phenoxy) is 1. The highest BCUT2D eigenvalue weighted by Crippen LogP contribution is 2.29. The number of carbonyl (C=O) groups excluding carboxylic acids is 1. The van der Waals surface area contributed by atoms with Crippen LogP contribution in [0.4, 0.5) is 4.79 Å². The average Bonchev–Trinajstić information content (AvgIpc) is 3.18. The van der Waals surface area contributed by atoms with Crippen molar-refractivity contribution in [2.24, 2.45) is 0 Å². The minimum atomic E-state index is -0.472. The summed E-state index contributed by atoms with van der Waals surface area (Å²) in [6.45, 7) is 8.89. The molecule has 6 heteroatoms. The van der Waals surface area contributed by atoms with Crippen LogP contribution in [0.5, 0.6) is 0 Å². The number of rotatable bonds is 6. The van der Waals surface area contributed by atoms with Crippen molar-refractivity contribution in [3.63, 3.8) is 0 Å². The van der Waals surface area contributed by atoms with Crippen molar-refractivity contribution >= 4 is 6.09 Å². The van der Waals surface area contributed by atoms with Crippen LogP contribution in [0.25, 0.3) is 0 Å². The van der Waals surface area contributed by atoms with E-state index in [1.54, 1.807) is 6.20 Å². The van der Waals surface area contributed by atoms with E-state index in [9.17, 15) is 4.79 Å². The van der Waals surface area contributed by atoms with E-state index in [0.717, 1.165) is 32.5 Å². The standard InChI is InChI=1S/C22H32N4O2/c1-22(2,3)28-21(27)25-16-11-19(18-9-5-4-6-10-18)20(17-25)23-12-7-14-26-15-8-13-24-26/h4-6,8-10,13,15,19-20,23H,7,11-12,14,16-17H2,1-3H3. The maximum atomic E-state index is 12.6. The van der Waals surface area contributed by atoms with Gasteiger partial charge in [-0.1, -0.05) is 30.3 Å². The van der Waals surface area contributed by atoms with Crippen LogP contribution in [-0.4, -0.2) is 52.1 Å². The fourth-order valence-electron chi connectivity index (χ4n) is 3.71. The number of nitrogens with zero attached hydrogens (tertiary/aromatic N) is 3. The van der Waals surface area contributed by atoms with Gasteiger partial charge in [0.2, 0.25) is 0 Å². The van der Waals surface area contributed by atoms with Crippen LogP contribution in [0.3, 0.4) is 0 Å². The molecule has 2 unspecified atom stereocenters.